The van der Waals surface area contributed by atoms with Crippen molar-refractivity contribution < 1.29 is 9.59 Å². The molecule has 2 rings (SSSR count). The SMILES string of the molecule is CC(=O)Nc1ccc(NC(=O)CCNc2ccc(C(C)(C)C)cc2)cc1. The molecule has 2 aromatic carbocycles. The minimum absolute atomic E-state index is 0.0592. The third kappa shape index (κ3) is 6.24. The topological polar surface area (TPSA) is 70.2 Å². The zero-order valence-electron chi connectivity index (χ0n) is 15.8. The fraction of sp³-hybridized carbons (Fsp3) is 0.333. The van der Waals surface area contributed by atoms with E-state index in [1.54, 1.807) is 24.3 Å². The summed E-state index contributed by atoms with van der Waals surface area (Å²) in [5, 5.41) is 8.80. The van der Waals surface area contributed by atoms with Crippen LogP contribution < -0.4 is 16.0 Å². The number of carbonyl (C=O) groups excluding carboxylic acids is 2. The zero-order chi connectivity index (χ0) is 19.2. The quantitative estimate of drug-likeness (QED) is 0.721. The maximum absolute atomic E-state index is 12.0. The minimum Gasteiger partial charge on any atom is -0.385 e. The molecule has 5 heteroatoms. The van der Waals surface area contributed by atoms with E-state index in [0.29, 0.717) is 24.3 Å². The number of hydrogen-bond acceptors (Lipinski definition) is 3. The zero-order valence-corrected chi connectivity index (χ0v) is 15.8. The summed E-state index contributed by atoms with van der Waals surface area (Å²) in [6, 6.07) is 15.3. The summed E-state index contributed by atoms with van der Waals surface area (Å²) in [5.41, 5.74) is 3.83. The molecule has 0 radical (unpaired) electrons. The molecule has 5 nitrogen and oxygen atoms in total. The molecule has 3 N–H and O–H groups in total. The molecule has 0 aliphatic carbocycles. The highest BCUT2D eigenvalue weighted by Crippen LogP contribution is 2.23. The summed E-state index contributed by atoms with van der Waals surface area (Å²) in [6.07, 6.45) is 0.370. The number of nitrogens with one attached hydrogen (secondary N) is 3. The van der Waals surface area contributed by atoms with Crippen LogP contribution in [0.5, 0.6) is 0 Å². The van der Waals surface area contributed by atoms with E-state index in [1.165, 1.54) is 12.5 Å². The molecule has 0 unspecified atom stereocenters. The summed E-state index contributed by atoms with van der Waals surface area (Å²) in [7, 11) is 0. The predicted octanol–water partition coefficient (Wildman–Crippen LogP) is 4.38. The second kappa shape index (κ2) is 8.52. The normalized spacial score (nSPS) is 10.9. The number of anilines is 3. The van der Waals surface area contributed by atoms with Gasteiger partial charge in [0, 0.05) is 37.0 Å². The van der Waals surface area contributed by atoms with Crippen LogP contribution in [-0.2, 0) is 15.0 Å². The van der Waals surface area contributed by atoms with Crippen molar-refractivity contribution in [1.29, 1.82) is 0 Å². The second-order valence-corrected chi connectivity index (χ2v) is 7.31. The highest BCUT2D eigenvalue weighted by atomic mass is 16.2. The van der Waals surface area contributed by atoms with Gasteiger partial charge in [0.05, 0.1) is 0 Å². The summed E-state index contributed by atoms with van der Waals surface area (Å²) in [5.74, 6) is -0.181. The molecule has 2 amide bonds. The molecule has 0 fully saturated rings. The second-order valence-electron chi connectivity index (χ2n) is 7.31. The van der Waals surface area contributed by atoms with E-state index in [1.807, 2.05) is 12.1 Å². The van der Waals surface area contributed by atoms with Crippen molar-refractivity contribution in [3.8, 4) is 0 Å². The first-order valence-corrected chi connectivity index (χ1v) is 8.76. The van der Waals surface area contributed by atoms with Gasteiger partial charge in [-0.05, 0) is 47.4 Å². The van der Waals surface area contributed by atoms with Crippen LogP contribution in [0, 0.1) is 0 Å². The third-order valence-electron chi connectivity index (χ3n) is 3.92. The van der Waals surface area contributed by atoms with Gasteiger partial charge in [0.1, 0.15) is 0 Å². The first kappa shape index (κ1) is 19.5. The van der Waals surface area contributed by atoms with E-state index >= 15 is 0 Å². The molecule has 0 aliphatic heterocycles. The number of hydrogen-bond donors (Lipinski definition) is 3. The molecule has 2 aromatic rings. The predicted molar refractivity (Wildman–Crippen MR) is 108 cm³/mol. The number of amides is 2. The van der Waals surface area contributed by atoms with Gasteiger partial charge in [-0.25, -0.2) is 0 Å². The van der Waals surface area contributed by atoms with E-state index in [9.17, 15) is 9.59 Å². The molecule has 26 heavy (non-hydrogen) atoms. The van der Waals surface area contributed by atoms with Crippen LogP contribution in [0.15, 0.2) is 48.5 Å². The Morgan fingerprint density at radius 3 is 1.81 bits per heavy atom. The Labute approximate surface area is 155 Å². The average molecular weight is 353 g/mol. The van der Waals surface area contributed by atoms with Gasteiger partial charge in [-0.15, -0.1) is 0 Å². The molecule has 0 bridgehead atoms. The summed E-state index contributed by atoms with van der Waals surface area (Å²) in [6.45, 7) is 8.57. The maximum Gasteiger partial charge on any atom is 0.226 e. The summed E-state index contributed by atoms with van der Waals surface area (Å²) in [4.78, 5) is 23.0. The Morgan fingerprint density at radius 1 is 0.808 bits per heavy atom. The molecule has 0 saturated carbocycles. The van der Waals surface area contributed by atoms with Gasteiger partial charge in [0.2, 0.25) is 11.8 Å². The lowest BCUT2D eigenvalue weighted by Crippen LogP contribution is -2.16. The van der Waals surface area contributed by atoms with Crippen molar-refractivity contribution in [2.24, 2.45) is 0 Å². The number of carbonyl (C=O) groups is 2. The van der Waals surface area contributed by atoms with Crippen LogP contribution in [-0.4, -0.2) is 18.4 Å². The number of rotatable bonds is 6. The van der Waals surface area contributed by atoms with Crippen LogP contribution in [0.25, 0.3) is 0 Å². The van der Waals surface area contributed by atoms with Crippen LogP contribution in [0.4, 0.5) is 17.1 Å². The molecular formula is C21H27N3O2. The van der Waals surface area contributed by atoms with Gasteiger partial charge in [-0.1, -0.05) is 32.9 Å². The Hall–Kier alpha value is -2.82. The summed E-state index contributed by atoms with van der Waals surface area (Å²) < 4.78 is 0. The monoisotopic (exact) mass is 353 g/mol. The van der Waals surface area contributed by atoms with Crippen molar-refractivity contribution >= 4 is 28.9 Å². The Balaban J connectivity index is 1.77. The molecule has 0 heterocycles. The average Bonchev–Trinajstić information content (AvgIpc) is 2.56. The Kier molecular flexibility index (Phi) is 6.39. The van der Waals surface area contributed by atoms with Crippen molar-refractivity contribution in [3.63, 3.8) is 0 Å². The minimum atomic E-state index is -0.122. The van der Waals surface area contributed by atoms with Gasteiger partial charge in [0.15, 0.2) is 0 Å². The van der Waals surface area contributed by atoms with E-state index in [2.05, 4.69) is 48.9 Å². The first-order chi connectivity index (χ1) is 12.2. The van der Waals surface area contributed by atoms with Crippen molar-refractivity contribution in [2.75, 3.05) is 22.5 Å². The molecule has 0 atom stereocenters. The van der Waals surface area contributed by atoms with Gasteiger partial charge >= 0.3 is 0 Å². The lowest BCUT2D eigenvalue weighted by molar-refractivity contribution is -0.116. The standard InChI is InChI=1S/C21H27N3O2/c1-15(25)23-18-9-11-19(12-10-18)24-20(26)13-14-22-17-7-5-16(6-8-17)21(2,3)4/h5-12,22H,13-14H2,1-4H3,(H,23,25)(H,24,26). The Morgan fingerprint density at radius 2 is 1.31 bits per heavy atom. The van der Waals surface area contributed by atoms with Crippen molar-refractivity contribution in [2.45, 2.75) is 39.5 Å². The third-order valence-corrected chi connectivity index (χ3v) is 3.92. The lowest BCUT2D eigenvalue weighted by Gasteiger charge is -2.19. The molecule has 0 spiro atoms. The van der Waals surface area contributed by atoms with E-state index in [0.717, 1.165) is 5.69 Å². The van der Waals surface area contributed by atoms with Crippen LogP contribution in [0.1, 0.15) is 39.7 Å². The van der Waals surface area contributed by atoms with Crippen LogP contribution >= 0.6 is 0 Å². The maximum atomic E-state index is 12.0. The van der Waals surface area contributed by atoms with E-state index in [-0.39, 0.29) is 17.2 Å². The van der Waals surface area contributed by atoms with Crippen LogP contribution in [0.2, 0.25) is 0 Å². The van der Waals surface area contributed by atoms with Gasteiger partial charge in [-0.2, -0.15) is 0 Å². The molecular weight excluding hydrogens is 326 g/mol. The highest BCUT2D eigenvalue weighted by molar-refractivity contribution is 5.92. The largest absolute Gasteiger partial charge is 0.385 e. The fourth-order valence-electron chi connectivity index (χ4n) is 2.47. The molecule has 0 aliphatic rings. The Bertz CT molecular complexity index is 744. The first-order valence-electron chi connectivity index (χ1n) is 8.76. The molecule has 0 saturated heterocycles. The van der Waals surface area contributed by atoms with Crippen molar-refractivity contribution in [1.82, 2.24) is 0 Å². The smallest absolute Gasteiger partial charge is 0.226 e. The lowest BCUT2D eigenvalue weighted by atomic mass is 9.87. The van der Waals surface area contributed by atoms with E-state index < -0.39 is 0 Å². The number of benzene rings is 2. The van der Waals surface area contributed by atoms with Gasteiger partial charge in [-0.3, -0.25) is 9.59 Å². The van der Waals surface area contributed by atoms with Crippen molar-refractivity contribution in [3.05, 3.63) is 54.1 Å². The van der Waals surface area contributed by atoms with Gasteiger partial charge < -0.3 is 16.0 Å². The summed E-state index contributed by atoms with van der Waals surface area (Å²) >= 11 is 0. The molecule has 138 valence electrons. The fourth-order valence-corrected chi connectivity index (χ4v) is 2.47. The molecule has 0 aromatic heterocycles. The van der Waals surface area contributed by atoms with E-state index in [4.69, 9.17) is 0 Å². The van der Waals surface area contributed by atoms with Gasteiger partial charge in [0.25, 0.3) is 0 Å². The van der Waals surface area contributed by atoms with Crippen LogP contribution in [0.3, 0.4) is 0 Å². The highest BCUT2D eigenvalue weighted by Gasteiger charge is 2.12.